The van der Waals surface area contributed by atoms with Crippen LogP contribution in [0.25, 0.3) is 11.3 Å². The summed E-state index contributed by atoms with van der Waals surface area (Å²) in [5, 5.41) is 7.28. The molecule has 23 heavy (non-hydrogen) atoms. The summed E-state index contributed by atoms with van der Waals surface area (Å²) in [6.45, 7) is 0.672. The Morgan fingerprint density at radius 1 is 1.39 bits per heavy atom. The highest BCUT2D eigenvalue weighted by molar-refractivity contribution is 8.00. The molecule has 120 valence electrons. The van der Waals surface area contributed by atoms with Crippen LogP contribution in [0.5, 0.6) is 11.5 Å². The van der Waals surface area contributed by atoms with Gasteiger partial charge in [0.05, 0.1) is 11.9 Å². The maximum absolute atomic E-state index is 12.3. The first-order chi connectivity index (χ1) is 11.3. The molecule has 1 atom stereocenters. The zero-order valence-electron chi connectivity index (χ0n) is 12.4. The Morgan fingerprint density at radius 3 is 3.17 bits per heavy atom. The number of benzene rings is 1. The number of aromatic amines is 1. The van der Waals surface area contributed by atoms with Crippen molar-refractivity contribution < 1.29 is 19.0 Å². The van der Waals surface area contributed by atoms with Crippen LogP contribution in [0, 0.1) is 0 Å². The topological polar surface area (TPSA) is 73.4 Å². The number of aromatic nitrogens is 2. The van der Waals surface area contributed by atoms with Gasteiger partial charge in [0.2, 0.25) is 6.79 Å². The van der Waals surface area contributed by atoms with Gasteiger partial charge in [0.25, 0.3) is 0 Å². The van der Waals surface area contributed by atoms with Crippen molar-refractivity contribution in [1.82, 2.24) is 10.2 Å². The quantitative estimate of drug-likeness (QED) is 0.868. The number of rotatable bonds is 4. The van der Waals surface area contributed by atoms with Gasteiger partial charge < -0.3 is 14.2 Å². The maximum Gasteiger partial charge on any atom is 0.342 e. The zero-order valence-corrected chi connectivity index (χ0v) is 13.2. The summed E-state index contributed by atoms with van der Waals surface area (Å²) < 4.78 is 16.1. The summed E-state index contributed by atoms with van der Waals surface area (Å²) >= 11 is 1.86. The summed E-state index contributed by atoms with van der Waals surface area (Å²) in [5.41, 5.74) is 1.88. The van der Waals surface area contributed by atoms with E-state index in [2.05, 4.69) is 10.2 Å². The van der Waals surface area contributed by atoms with E-state index in [1.165, 1.54) is 12.6 Å². The number of carbonyl (C=O) groups excluding carboxylic acids is 1. The molecule has 0 aliphatic carbocycles. The number of carbonyl (C=O) groups is 1. The van der Waals surface area contributed by atoms with Gasteiger partial charge in [-0.05, 0) is 36.8 Å². The van der Waals surface area contributed by atoms with Gasteiger partial charge in [0.15, 0.2) is 11.5 Å². The van der Waals surface area contributed by atoms with E-state index >= 15 is 0 Å². The minimum absolute atomic E-state index is 0.218. The molecule has 1 saturated heterocycles. The first kappa shape index (κ1) is 14.4. The molecular weight excluding hydrogens is 316 g/mol. The van der Waals surface area contributed by atoms with Crippen LogP contribution in [0.3, 0.4) is 0 Å². The second-order valence-corrected chi connectivity index (χ2v) is 6.87. The third kappa shape index (κ3) is 2.88. The van der Waals surface area contributed by atoms with Crippen LogP contribution in [0.2, 0.25) is 0 Å². The Bertz CT molecular complexity index is 725. The monoisotopic (exact) mass is 332 g/mol. The van der Waals surface area contributed by atoms with Gasteiger partial charge in [-0.2, -0.15) is 16.9 Å². The molecule has 6 nitrogen and oxygen atoms in total. The summed E-state index contributed by atoms with van der Waals surface area (Å²) in [7, 11) is 0. The van der Waals surface area contributed by atoms with Crippen molar-refractivity contribution in [2.24, 2.45) is 0 Å². The lowest BCUT2D eigenvalue weighted by Gasteiger charge is -2.09. The third-order valence-corrected chi connectivity index (χ3v) is 5.31. The van der Waals surface area contributed by atoms with E-state index < -0.39 is 0 Å². The molecule has 0 spiro atoms. The fourth-order valence-corrected chi connectivity index (χ4v) is 3.90. The maximum atomic E-state index is 12.3. The largest absolute Gasteiger partial charge is 0.461 e. The first-order valence-electron chi connectivity index (χ1n) is 7.53. The number of nitrogens with zero attached hydrogens (tertiary/aromatic N) is 1. The molecule has 1 N–H and O–H groups in total. The smallest absolute Gasteiger partial charge is 0.342 e. The fourth-order valence-electron chi connectivity index (χ4n) is 2.74. The second kappa shape index (κ2) is 6.16. The van der Waals surface area contributed by atoms with Crippen LogP contribution in [-0.2, 0) is 4.74 Å². The molecule has 4 rings (SSSR count). The van der Waals surface area contributed by atoms with E-state index in [-0.39, 0.29) is 12.8 Å². The number of ether oxygens (including phenoxy) is 3. The number of hydrogen-bond acceptors (Lipinski definition) is 6. The molecule has 1 aromatic heterocycles. The second-order valence-electron chi connectivity index (χ2n) is 5.46. The van der Waals surface area contributed by atoms with Crippen molar-refractivity contribution >= 4 is 17.7 Å². The van der Waals surface area contributed by atoms with Crippen LogP contribution < -0.4 is 9.47 Å². The lowest BCUT2D eigenvalue weighted by atomic mass is 10.1. The predicted octanol–water partition coefficient (Wildman–Crippen LogP) is 2.86. The van der Waals surface area contributed by atoms with Gasteiger partial charge in [-0.15, -0.1) is 0 Å². The zero-order chi connectivity index (χ0) is 15.6. The molecule has 1 unspecified atom stereocenters. The van der Waals surface area contributed by atoms with E-state index in [1.807, 2.05) is 30.0 Å². The van der Waals surface area contributed by atoms with E-state index in [1.54, 1.807) is 0 Å². The first-order valence-corrected chi connectivity index (χ1v) is 8.58. The Kier molecular flexibility index (Phi) is 3.87. The van der Waals surface area contributed by atoms with Crippen molar-refractivity contribution in [2.45, 2.75) is 18.1 Å². The number of nitrogens with one attached hydrogen (secondary N) is 1. The standard InChI is InChI=1S/C16H16N2O4S/c19-16(20-8-11-2-1-5-23-11)12-7-17-18-15(12)10-3-4-13-14(6-10)22-9-21-13/h3-4,6-7,11H,1-2,5,8-9H2,(H,17,18). The normalized spacial score (nSPS) is 19.0. The molecule has 2 aliphatic rings. The van der Waals surface area contributed by atoms with E-state index in [0.29, 0.717) is 34.6 Å². The molecule has 0 radical (unpaired) electrons. The van der Waals surface area contributed by atoms with Gasteiger partial charge in [0.1, 0.15) is 12.2 Å². The van der Waals surface area contributed by atoms with Crippen LogP contribution in [0.1, 0.15) is 23.2 Å². The summed E-state index contributed by atoms with van der Waals surface area (Å²) in [6, 6.07) is 5.52. The molecule has 2 aromatic rings. The average Bonchev–Trinajstić information content (AvgIpc) is 3.32. The number of fused-ring (bicyclic) bond motifs is 1. The molecule has 0 amide bonds. The number of thioether (sulfide) groups is 1. The highest BCUT2D eigenvalue weighted by Crippen LogP contribution is 2.36. The highest BCUT2D eigenvalue weighted by Gasteiger charge is 2.22. The van der Waals surface area contributed by atoms with E-state index in [0.717, 1.165) is 17.7 Å². The van der Waals surface area contributed by atoms with Gasteiger partial charge >= 0.3 is 5.97 Å². The Hall–Kier alpha value is -2.15. The minimum atomic E-state index is -0.348. The highest BCUT2D eigenvalue weighted by atomic mass is 32.2. The SMILES string of the molecule is O=C(OCC1CCCS1)c1cn[nH]c1-c1ccc2c(c1)OCO2. The van der Waals surface area contributed by atoms with Crippen LogP contribution >= 0.6 is 11.8 Å². The molecule has 7 heteroatoms. The number of hydrogen-bond donors (Lipinski definition) is 1. The number of H-pyrrole nitrogens is 1. The third-order valence-electron chi connectivity index (χ3n) is 3.94. The molecule has 0 bridgehead atoms. The Balaban J connectivity index is 1.52. The summed E-state index contributed by atoms with van der Waals surface area (Å²) in [6.07, 6.45) is 3.81. The van der Waals surface area contributed by atoms with Crippen LogP contribution in [0.4, 0.5) is 0 Å². The molecule has 1 aromatic carbocycles. The lowest BCUT2D eigenvalue weighted by molar-refractivity contribution is 0.0507. The lowest BCUT2D eigenvalue weighted by Crippen LogP contribution is -2.14. The van der Waals surface area contributed by atoms with Crippen LogP contribution in [0.15, 0.2) is 24.4 Å². The van der Waals surface area contributed by atoms with Gasteiger partial charge in [-0.25, -0.2) is 4.79 Å². The van der Waals surface area contributed by atoms with Gasteiger partial charge in [-0.3, -0.25) is 5.10 Å². The van der Waals surface area contributed by atoms with E-state index in [9.17, 15) is 4.79 Å². The molecule has 2 aliphatic heterocycles. The van der Waals surface area contributed by atoms with Crippen molar-refractivity contribution in [2.75, 3.05) is 19.2 Å². The molecule has 0 saturated carbocycles. The number of esters is 1. The van der Waals surface area contributed by atoms with E-state index in [4.69, 9.17) is 14.2 Å². The van der Waals surface area contributed by atoms with Crippen molar-refractivity contribution in [3.05, 3.63) is 30.0 Å². The van der Waals surface area contributed by atoms with Crippen molar-refractivity contribution in [3.8, 4) is 22.8 Å². The molecular formula is C16H16N2O4S. The minimum Gasteiger partial charge on any atom is -0.461 e. The fraction of sp³-hybridized carbons (Fsp3) is 0.375. The summed E-state index contributed by atoms with van der Waals surface area (Å²) in [5.74, 6) is 2.17. The Morgan fingerprint density at radius 2 is 2.30 bits per heavy atom. The van der Waals surface area contributed by atoms with Crippen molar-refractivity contribution in [3.63, 3.8) is 0 Å². The summed E-state index contributed by atoms with van der Waals surface area (Å²) in [4.78, 5) is 12.3. The Labute approximate surface area is 137 Å². The van der Waals surface area contributed by atoms with Crippen LogP contribution in [-0.4, -0.2) is 40.6 Å². The predicted molar refractivity (Wildman–Crippen MR) is 85.9 cm³/mol. The molecule has 3 heterocycles. The van der Waals surface area contributed by atoms with Crippen molar-refractivity contribution in [1.29, 1.82) is 0 Å². The average molecular weight is 332 g/mol. The van der Waals surface area contributed by atoms with Gasteiger partial charge in [-0.1, -0.05) is 0 Å². The molecule has 1 fully saturated rings. The van der Waals surface area contributed by atoms with Gasteiger partial charge in [0, 0.05) is 10.8 Å².